The van der Waals surface area contributed by atoms with Gasteiger partial charge in [-0.05, 0) is 56.2 Å². The Morgan fingerprint density at radius 2 is 2.08 bits per heavy atom. The second kappa shape index (κ2) is 10.0. The zero-order chi connectivity index (χ0) is 25.2. The highest BCUT2D eigenvalue weighted by Gasteiger charge is 2.24. The molecule has 9 nitrogen and oxygen atoms in total. The number of pyridine rings is 2. The first-order chi connectivity index (χ1) is 17.5. The van der Waals surface area contributed by atoms with Crippen molar-refractivity contribution in [3.05, 3.63) is 86.7 Å². The van der Waals surface area contributed by atoms with Crippen LogP contribution >= 0.6 is 11.6 Å². The van der Waals surface area contributed by atoms with Gasteiger partial charge in [-0.3, -0.25) is 14.0 Å². The number of hydrogen-bond donors (Lipinski definition) is 0. The van der Waals surface area contributed by atoms with Gasteiger partial charge in [0.1, 0.15) is 16.9 Å². The number of nitrogens with zero attached hydrogens (tertiary/aromatic N) is 4. The Bertz CT molecular complexity index is 1620. The van der Waals surface area contributed by atoms with Gasteiger partial charge in [0.05, 0.1) is 24.6 Å². The van der Waals surface area contributed by atoms with E-state index in [1.165, 1.54) is 16.5 Å². The summed E-state index contributed by atoms with van der Waals surface area (Å²) in [6.07, 6.45) is 3.08. The number of esters is 1. The molecule has 36 heavy (non-hydrogen) atoms. The Kier molecular flexibility index (Phi) is 6.67. The quantitative estimate of drug-likeness (QED) is 0.303. The molecule has 0 saturated carbocycles. The van der Waals surface area contributed by atoms with Crippen molar-refractivity contribution >= 4 is 40.2 Å². The molecule has 0 N–H and O–H groups in total. The maximum atomic E-state index is 13.4. The molecule has 0 unspecified atom stereocenters. The maximum absolute atomic E-state index is 13.4. The van der Waals surface area contributed by atoms with E-state index in [1.807, 2.05) is 0 Å². The summed E-state index contributed by atoms with van der Waals surface area (Å²) < 4.78 is 14.1. The normalized spacial score (nSPS) is 16.1. The highest BCUT2D eigenvalue weighted by molar-refractivity contribution is 6.31. The Morgan fingerprint density at radius 1 is 1.22 bits per heavy atom. The van der Waals surface area contributed by atoms with Crippen LogP contribution in [0.1, 0.15) is 40.5 Å². The fourth-order valence-corrected chi connectivity index (χ4v) is 4.49. The van der Waals surface area contributed by atoms with Gasteiger partial charge in [0.25, 0.3) is 11.5 Å². The molecule has 1 atom stereocenters. The van der Waals surface area contributed by atoms with Crippen LogP contribution in [0.15, 0.2) is 64.5 Å². The van der Waals surface area contributed by atoms with E-state index in [0.29, 0.717) is 22.9 Å². The number of fused-ring (bicyclic) bond motifs is 2. The van der Waals surface area contributed by atoms with Crippen molar-refractivity contribution in [3.8, 4) is 0 Å². The van der Waals surface area contributed by atoms with E-state index in [2.05, 4.69) is 4.99 Å². The van der Waals surface area contributed by atoms with Crippen molar-refractivity contribution in [3.63, 3.8) is 0 Å². The van der Waals surface area contributed by atoms with Crippen LogP contribution in [0.2, 0.25) is 5.02 Å². The number of carbonyl (C=O) groups is 2. The Hall–Kier alpha value is -3.82. The van der Waals surface area contributed by atoms with Crippen LogP contribution in [0, 0.1) is 0 Å². The standard InChI is InChI=1S/C26H23ClN4O5/c1-2-35-26(34)20-14-19-22(28-21-10-3-4-11-30(21)25(19)33)31(15-18-9-6-12-36-18)23(20)29-24(32)16-7-5-8-17(27)13-16/h3-5,7-8,10-11,13-14,18H,2,6,9,12,15H2,1H3/t18-/m0/s1. The van der Waals surface area contributed by atoms with Crippen molar-refractivity contribution in [2.45, 2.75) is 32.4 Å². The van der Waals surface area contributed by atoms with Crippen molar-refractivity contribution in [1.82, 2.24) is 14.0 Å². The molecule has 184 valence electrons. The van der Waals surface area contributed by atoms with Crippen LogP contribution in [0.3, 0.4) is 0 Å². The highest BCUT2D eigenvalue weighted by Crippen LogP contribution is 2.18. The minimum absolute atomic E-state index is 0.00694. The maximum Gasteiger partial charge on any atom is 0.341 e. The van der Waals surface area contributed by atoms with E-state index in [-0.39, 0.29) is 46.8 Å². The first-order valence-corrected chi connectivity index (χ1v) is 12.0. The molecule has 1 fully saturated rings. The van der Waals surface area contributed by atoms with Crippen LogP contribution in [0.4, 0.5) is 0 Å². The van der Waals surface area contributed by atoms with Crippen molar-refractivity contribution in [2.24, 2.45) is 4.99 Å². The average molecular weight is 507 g/mol. The second-order valence-electron chi connectivity index (χ2n) is 8.36. The molecule has 4 aromatic rings. The lowest BCUT2D eigenvalue weighted by atomic mass is 10.1. The lowest BCUT2D eigenvalue weighted by Crippen LogP contribution is -2.35. The molecule has 1 aliphatic rings. The van der Waals surface area contributed by atoms with Crippen LogP contribution in [-0.2, 0) is 16.0 Å². The Balaban J connectivity index is 1.86. The third-order valence-electron chi connectivity index (χ3n) is 5.97. The summed E-state index contributed by atoms with van der Waals surface area (Å²) in [5, 5.41) is 0.586. The van der Waals surface area contributed by atoms with E-state index in [1.54, 1.807) is 54.1 Å². The first-order valence-electron chi connectivity index (χ1n) is 11.6. The molecule has 5 rings (SSSR count). The van der Waals surface area contributed by atoms with E-state index in [9.17, 15) is 14.4 Å². The van der Waals surface area contributed by atoms with Gasteiger partial charge < -0.3 is 14.0 Å². The molecule has 3 aromatic heterocycles. The number of amides is 1. The second-order valence-corrected chi connectivity index (χ2v) is 8.79. The van der Waals surface area contributed by atoms with Gasteiger partial charge in [-0.15, -0.1) is 0 Å². The molecule has 0 bridgehead atoms. The molecule has 10 heteroatoms. The summed E-state index contributed by atoms with van der Waals surface area (Å²) in [5.74, 6) is -1.29. The third kappa shape index (κ3) is 4.55. The molecule has 1 saturated heterocycles. The van der Waals surface area contributed by atoms with Crippen LogP contribution < -0.4 is 11.0 Å². The molecular weight excluding hydrogens is 484 g/mol. The zero-order valence-electron chi connectivity index (χ0n) is 19.5. The van der Waals surface area contributed by atoms with E-state index in [0.717, 1.165) is 12.8 Å². The molecule has 1 amide bonds. The first kappa shape index (κ1) is 23.9. The van der Waals surface area contributed by atoms with Crippen LogP contribution in [-0.4, -0.2) is 45.1 Å². The van der Waals surface area contributed by atoms with Gasteiger partial charge >= 0.3 is 5.97 Å². The highest BCUT2D eigenvalue weighted by atomic mass is 35.5. The minimum atomic E-state index is -0.698. The molecule has 4 heterocycles. The van der Waals surface area contributed by atoms with Gasteiger partial charge in [-0.1, -0.05) is 23.7 Å². The topological polar surface area (TPSA) is 104 Å². The number of halogens is 1. The van der Waals surface area contributed by atoms with E-state index < -0.39 is 11.9 Å². The monoisotopic (exact) mass is 506 g/mol. The number of aromatic nitrogens is 3. The SMILES string of the molecule is CCOC(=O)c1cc2c(=O)n3ccccc3nc2n(C[C@@H]2CCCO2)c1=NC(=O)c1cccc(Cl)c1. The molecule has 1 aliphatic heterocycles. The predicted octanol–water partition coefficient (Wildman–Crippen LogP) is 3.40. The number of ether oxygens (including phenoxy) is 2. The third-order valence-corrected chi connectivity index (χ3v) is 6.21. The lowest BCUT2D eigenvalue weighted by molar-refractivity contribution is 0.0521. The minimum Gasteiger partial charge on any atom is -0.462 e. The molecule has 0 spiro atoms. The smallest absolute Gasteiger partial charge is 0.341 e. The Morgan fingerprint density at radius 3 is 2.83 bits per heavy atom. The fourth-order valence-electron chi connectivity index (χ4n) is 4.30. The largest absolute Gasteiger partial charge is 0.462 e. The summed E-state index contributed by atoms with van der Waals surface area (Å²) in [7, 11) is 0. The summed E-state index contributed by atoms with van der Waals surface area (Å²) in [6, 6.07) is 13.0. The summed E-state index contributed by atoms with van der Waals surface area (Å²) in [6.45, 7) is 2.64. The number of hydrogen-bond acceptors (Lipinski definition) is 6. The number of carbonyl (C=O) groups excluding carboxylic acids is 2. The van der Waals surface area contributed by atoms with Crippen LogP contribution in [0.5, 0.6) is 0 Å². The van der Waals surface area contributed by atoms with Gasteiger partial charge in [-0.2, -0.15) is 4.99 Å². The van der Waals surface area contributed by atoms with E-state index >= 15 is 0 Å². The Labute approximate surface area is 210 Å². The van der Waals surface area contributed by atoms with Crippen molar-refractivity contribution in [2.75, 3.05) is 13.2 Å². The van der Waals surface area contributed by atoms with Gasteiger partial charge in [0.15, 0.2) is 5.49 Å². The zero-order valence-corrected chi connectivity index (χ0v) is 20.3. The van der Waals surface area contributed by atoms with Gasteiger partial charge in [0, 0.05) is 23.4 Å². The fraction of sp³-hybridized carbons (Fsp3) is 0.269. The average Bonchev–Trinajstić information content (AvgIpc) is 3.39. The molecule has 0 aliphatic carbocycles. The molecule has 1 aromatic carbocycles. The van der Waals surface area contributed by atoms with Crippen molar-refractivity contribution in [1.29, 1.82) is 0 Å². The lowest BCUT2D eigenvalue weighted by Gasteiger charge is -2.18. The summed E-state index contributed by atoms with van der Waals surface area (Å²) in [4.78, 5) is 48.7. The number of rotatable bonds is 5. The molecule has 0 radical (unpaired) electrons. The van der Waals surface area contributed by atoms with E-state index in [4.69, 9.17) is 26.1 Å². The van der Waals surface area contributed by atoms with Gasteiger partial charge in [-0.25, -0.2) is 9.78 Å². The van der Waals surface area contributed by atoms with Gasteiger partial charge in [0.2, 0.25) is 0 Å². The molecular formula is C26H23ClN4O5. The van der Waals surface area contributed by atoms with Crippen molar-refractivity contribution < 1.29 is 19.1 Å². The summed E-state index contributed by atoms with van der Waals surface area (Å²) in [5.41, 5.74) is 0.670. The number of benzene rings is 1. The van der Waals surface area contributed by atoms with Crippen LogP contribution in [0.25, 0.3) is 16.7 Å². The summed E-state index contributed by atoms with van der Waals surface area (Å²) >= 11 is 6.07. The predicted molar refractivity (Wildman–Crippen MR) is 133 cm³/mol.